The van der Waals surface area contributed by atoms with Crippen molar-refractivity contribution >= 4 is 26.8 Å². The lowest BCUT2D eigenvalue weighted by atomic mass is 10.2. The Kier molecular flexibility index (Phi) is 1.81. The number of phenols is 1. The number of aromatic amines is 1. The maximum absolute atomic E-state index is 10.9. The van der Waals surface area contributed by atoms with Crippen molar-refractivity contribution in [3.05, 3.63) is 33.3 Å². The summed E-state index contributed by atoms with van der Waals surface area (Å²) >= 11 is 3.20. The molecule has 2 N–H and O–H groups in total. The van der Waals surface area contributed by atoms with E-state index in [0.717, 1.165) is 5.39 Å². The Morgan fingerprint density at radius 2 is 2.23 bits per heavy atom. The maximum atomic E-state index is 10.9. The first-order chi connectivity index (χ1) is 6.16. The summed E-state index contributed by atoms with van der Waals surface area (Å²) in [4.78, 5) is 17.1. The molecule has 0 aliphatic rings. The molecule has 1 aromatic heterocycles. The molecule has 2 aromatic rings. The summed E-state index contributed by atoms with van der Waals surface area (Å²) in [6.45, 7) is 0. The Bertz CT molecular complexity index is 521. The lowest BCUT2D eigenvalue weighted by Gasteiger charge is -1.98. The van der Waals surface area contributed by atoms with E-state index < -0.39 is 5.69 Å². The molecule has 66 valence electrons. The Balaban J connectivity index is 2.94. The van der Waals surface area contributed by atoms with Gasteiger partial charge in [-0.15, -0.1) is 0 Å². The van der Waals surface area contributed by atoms with E-state index in [4.69, 9.17) is 5.11 Å². The van der Waals surface area contributed by atoms with Crippen LogP contribution in [-0.4, -0.2) is 15.1 Å². The first kappa shape index (κ1) is 8.25. The van der Waals surface area contributed by atoms with E-state index in [1.165, 1.54) is 12.1 Å². The number of H-pyrrole nitrogens is 1. The fraction of sp³-hybridized carbons (Fsp3) is 0. The van der Waals surface area contributed by atoms with Crippen molar-refractivity contribution in [2.24, 2.45) is 0 Å². The van der Waals surface area contributed by atoms with Crippen molar-refractivity contribution in [2.75, 3.05) is 0 Å². The summed E-state index contributed by atoms with van der Waals surface area (Å²) in [5.41, 5.74) is 0.0283. The monoisotopic (exact) mass is 240 g/mol. The second kappa shape index (κ2) is 2.85. The van der Waals surface area contributed by atoms with Crippen LogP contribution in [0.3, 0.4) is 0 Å². The maximum Gasteiger partial charge on any atom is 0.346 e. The van der Waals surface area contributed by atoms with E-state index in [9.17, 15) is 4.79 Å². The average molecular weight is 241 g/mol. The van der Waals surface area contributed by atoms with E-state index >= 15 is 0 Å². The van der Waals surface area contributed by atoms with Gasteiger partial charge >= 0.3 is 5.69 Å². The van der Waals surface area contributed by atoms with Gasteiger partial charge in [0.1, 0.15) is 5.75 Å². The molecule has 2 rings (SSSR count). The molecule has 0 unspecified atom stereocenters. The van der Waals surface area contributed by atoms with Crippen LogP contribution in [0.5, 0.6) is 5.75 Å². The molecule has 5 heteroatoms. The molecule has 0 saturated heterocycles. The van der Waals surface area contributed by atoms with Gasteiger partial charge in [-0.25, -0.2) is 4.79 Å². The molecule has 0 spiro atoms. The van der Waals surface area contributed by atoms with E-state index in [0.29, 0.717) is 10.1 Å². The molecule has 4 nitrogen and oxygen atoms in total. The Morgan fingerprint density at radius 3 is 3.00 bits per heavy atom. The lowest BCUT2D eigenvalue weighted by Crippen LogP contribution is -2.09. The van der Waals surface area contributed by atoms with Crippen molar-refractivity contribution in [3.8, 4) is 5.75 Å². The zero-order chi connectivity index (χ0) is 9.42. The van der Waals surface area contributed by atoms with Gasteiger partial charge in [0, 0.05) is 11.5 Å². The van der Waals surface area contributed by atoms with Crippen LogP contribution in [0.25, 0.3) is 10.9 Å². The number of hydrogen-bond acceptors (Lipinski definition) is 3. The van der Waals surface area contributed by atoms with Gasteiger partial charge in [0.05, 0.1) is 10.1 Å². The highest BCUT2D eigenvalue weighted by Crippen LogP contribution is 2.21. The van der Waals surface area contributed by atoms with Crippen LogP contribution in [0.1, 0.15) is 0 Å². The molecule has 0 aliphatic heterocycles. The fourth-order valence-electron chi connectivity index (χ4n) is 1.10. The van der Waals surface area contributed by atoms with E-state index in [-0.39, 0.29) is 5.75 Å². The SMILES string of the molecule is O=c1nc2cc(O)ccc2c(Br)[nH]1. The molecule has 0 radical (unpaired) electrons. The minimum Gasteiger partial charge on any atom is -0.508 e. The van der Waals surface area contributed by atoms with Gasteiger partial charge in [-0.2, -0.15) is 4.98 Å². The molecular formula is C8H5BrN2O2. The number of benzene rings is 1. The molecule has 0 fully saturated rings. The number of hydrogen-bond donors (Lipinski definition) is 2. The van der Waals surface area contributed by atoms with E-state index in [2.05, 4.69) is 25.9 Å². The minimum absolute atomic E-state index is 0.0949. The second-order valence-electron chi connectivity index (χ2n) is 2.56. The van der Waals surface area contributed by atoms with E-state index in [1.54, 1.807) is 6.07 Å². The summed E-state index contributed by atoms with van der Waals surface area (Å²) in [6, 6.07) is 4.65. The summed E-state index contributed by atoms with van der Waals surface area (Å²) in [6.07, 6.45) is 0. The molecule has 0 aliphatic carbocycles. The van der Waals surface area contributed by atoms with Gasteiger partial charge in [0.15, 0.2) is 0 Å². The highest BCUT2D eigenvalue weighted by molar-refractivity contribution is 9.10. The summed E-state index contributed by atoms with van der Waals surface area (Å²) in [5.74, 6) is 0.0949. The lowest BCUT2D eigenvalue weighted by molar-refractivity contribution is 0.476. The number of rotatable bonds is 0. The molecule has 0 atom stereocenters. The molecule has 1 heterocycles. The molecular weight excluding hydrogens is 236 g/mol. The third-order valence-corrected chi connectivity index (χ3v) is 2.28. The van der Waals surface area contributed by atoms with Crippen LogP contribution in [0.2, 0.25) is 0 Å². The van der Waals surface area contributed by atoms with Gasteiger partial charge in [-0.05, 0) is 28.1 Å². The van der Waals surface area contributed by atoms with Crippen LogP contribution in [0.15, 0.2) is 27.6 Å². The molecule has 0 bridgehead atoms. The molecule has 1 aromatic carbocycles. The Hall–Kier alpha value is -1.36. The highest BCUT2D eigenvalue weighted by Gasteiger charge is 2.01. The van der Waals surface area contributed by atoms with Crippen molar-refractivity contribution in [1.29, 1.82) is 0 Å². The average Bonchev–Trinajstić information content (AvgIpc) is 2.02. The van der Waals surface area contributed by atoms with Gasteiger partial charge in [0.25, 0.3) is 0 Å². The van der Waals surface area contributed by atoms with Crippen molar-refractivity contribution in [1.82, 2.24) is 9.97 Å². The first-order valence-corrected chi connectivity index (χ1v) is 4.34. The van der Waals surface area contributed by atoms with E-state index in [1.807, 2.05) is 0 Å². The third-order valence-electron chi connectivity index (χ3n) is 1.66. The molecule has 0 amide bonds. The number of nitrogens with one attached hydrogen (secondary N) is 1. The quantitative estimate of drug-likeness (QED) is 0.685. The number of nitrogens with zero attached hydrogens (tertiary/aromatic N) is 1. The third kappa shape index (κ3) is 1.42. The van der Waals surface area contributed by atoms with Crippen molar-refractivity contribution < 1.29 is 5.11 Å². The van der Waals surface area contributed by atoms with Gasteiger partial charge in [-0.3, -0.25) is 4.98 Å². The Morgan fingerprint density at radius 1 is 1.46 bits per heavy atom. The van der Waals surface area contributed by atoms with Crippen LogP contribution < -0.4 is 5.69 Å². The largest absolute Gasteiger partial charge is 0.508 e. The van der Waals surface area contributed by atoms with Gasteiger partial charge in [-0.1, -0.05) is 0 Å². The minimum atomic E-state index is -0.440. The number of fused-ring (bicyclic) bond motifs is 1. The zero-order valence-electron chi connectivity index (χ0n) is 6.41. The van der Waals surface area contributed by atoms with Crippen LogP contribution >= 0.6 is 15.9 Å². The smallest absolute Gasteiger partial charge is 0.346 e. The highest BCUT2D eigenvalue weighted by atomic mass is 79.9. The standard InChI is InChI=1S/C8H5BrN2O2/c9-7-5-2-1-4(12)3-6(5)10-8(13)11-7/h1-3,12H,(H,10,11,13). The van der Waals surface area contributed by atoms with Crippen molar-refractivity contribution in [3.63, 3.8) is 0 Å². The number of aromatic nitrogens is 2. The first-order valence-electron chi connectivity index (χ1n) is 3.55. The molecule has 0 saturated carbocycles. The second-order valence-corrected chi connectivity index (χ2v) is 3.35. The predicted octanol–water partition coefficient (Wildman–Crippen LogP) is 1.39. The normalized spacial score (nSPS) is 10.5. The number of phenolic OH excluding ortho intramolecular Hbond substituents is 1. The fourth-order valence-corrected chi connectivity index (χ4v) is 1.60. The summed E-state index contributed by atoms with van der Waals surface area (Å²) < 4.78 is 0.572. The Labute approximate surface area is 81.4 Å². The molecule has 13 heavy (non-hydrogen) atoms. The predicted molar refractivity (Wildman–Crippen MR) is 51.7 cm³/mol. The van der Waals surface area contributed by atoms with Crippen molar-refractivity contribution in [2.45, 2.75) is 0 Å². The summed E-state index contributed by atoms with van der Waals surface area (Å²) in [7, 11) is 0. The van der Waals surface area contributed by atoms with Gasteiger partial charge in [0.2, 0.25) is 0 Å². The topological polar surface area (TPSA) is 66.0 Å². The van der Waals surface area contributed by atoms with Crippen LogP contribution in [-0.2, 0) is 0 Å². The van der Waals surface area contributed by atoms with Crippen LogP contribution in [0.4, 0.5) is 0 Å². The van der Waals surface area contributed by atoms with Gasteiger partial charge < -0.3 is 5.11 Å². The van der Waals surface area contributed by atoms with Crippen LogP contribution in [0, 0.1) is 0 Å². The zero-order valence-corrected chi connectivity index (χ0v) is 8.00. The summed E-state index contributed by atoms with van der Waals surface area (Å²) in [5, 5.41) is 9.91. The number of aromatic hydroxyl groups is 1. The number of halogens is 1.